The molecule has 0 aliphatic heterocycles. The SMILES string of the molecule is c1ccc(-c2cccc(-c3c4ccccc4c(-c4cc5ccccc5c5ccccc45)c4ccccc34)c2)cc1. The first-order chi connectivity index (χ1) is 19.9. The van der Waals surface area contributed by atoms with E-state index in [1.54, 1.807) is 0 Å². The highest BCUT2D eigenvalue weighted by Gasteiger charge is 2.19. The Hall–Kier alpha value is -5.20. The fourth-order valence-corrected chi connectivity index (χ4v) is 6.48. The molecule has 0 aromatic heterocycles. The van der Waals surface area contributed by atoms with Crippen LogP contribution >= 0.6 is 0 Å². The van der Waals surface area contributed by atoms with E-state index in [-0.39, 0.29) is 0 Å². The van der Waals surface area contributed by atoms with Crippen LogP contribution in [0.15, 0.2) is 158 Å². The normalized spacial score (nSPS) is 11.5. The zero-order valence-electron chi connectivity index (χ0n) is 22.0. The van der Waals surface area contributed by atoms with Crippen molar-refractivity contribution in [2.24, 2.45) is 0 Å². The first-order valence-electron chi connectivity index (χ1n) is 13.9. The molecule has 8 aromatic rings. The maximum absolute atomic E-state index is 2.39. The molecular weight excluding hydrogens is 480 g/mol. The van der Waals surface area contributed by atoms with Crippen molar-refractivity contribution in [1.29, 1.82) is 0 Å². The quantitative estimate of drug-likeness (QED) is 0.165. The Morgan fingerprint density at radius 1 is 0.250 bits per heavy atom. The summed E-state index contributed by atoms with van der Waals surface area (Å²) in [5.41, 5.74) is 7.58. The van der Waals surface area contributed by atoms with Crippen LogP contribution in [-0.2, 0) is 0 Å². The van der Waals surface area contributed by atoms with E-state index in [9.17, 15) is 0 Å². The van der Waals surface area contributed by atoms with Crippen molar-refractivity contribution >= 4 is 43.1 Å². The summed E-state index contributed by atoms with van der Waals surface area (Å²) in [7, 11) is 0. The van der Waals surface area contributed by atoms with E-state index in [4.69, 9.17) is 0 Å². The molecule has 8 aromatic carbocycles. The molecule has 0 spiro atoms. The second kappa shape index (κ2) is 9.22. The van der Waals surface area contributed by atoms with Crippen molar-refractivity contribution in [2.45, 2.75) is 0 Å². The van der Waals surface area contributed by atoms with Crippen molar-refractivity contribution in [3.05, 3.63) is 158 Å². The Kier molecular flexibility index (Phi) is 5.24. The Morgan fingerprint density at radius 2 is 0.725 bits per heavy atom. The number of rotatable bonds is 3. The number of hydrogen-bond donors (Lipinski definition) is 0. The molecule has 0 N–H and O–H groups in total. The van der Waals surface area contributed by atoms with Gasteiger partial charge in [0, 0.05) is 0 Å². The summed E-state index contributed by atoms with van der Waals surface area (Å²) >= 11 is 0. The van der Waals surface area contributed by atoms with Gasteiger partial charge in [0.25, 0.3) is 0 Å². The van der Waals surface area contributed by atoms with Crippen molar-refractivity contribution in [2.75, 3.05) is 0 Å². The molecule has 0 aliphatic carbocycles. The van der Waals surface area contributed by atoms with Gasteiger partial charge in [-0.1, -0.05) is 146 Å². The van der Waals surface area contributed by atoms with E-state index < -0.39 is 0 Å². The smallest absolute Gasteiger partial charge is 0.00199 e. The molecule has 0 atom stereocenters. The van der Waals surface area contributed by atoms with E-state index in [2.05, 4.69) is 158 Å². The van der Waals surface area contributed by atoms with Gasteiger partial charge in [0.2, 0.25) is 0 Å². The Morgan fingerprint density at radius 3 is 1.40 bits per heavy atom. The fourth-order valence-electron chi connectivity index (χ4n) is 6.48. The lowest BCUT2D eigenvalue weighted by Gasteiger charge is -2.20. The molecular formula is C40H26. The third kappa shape index (κ3) is 3.54. The van der Waals surface area contributed by atoms with Gasteiger partial charge in [-0.05, 0) is 88.6 Å². The molecule has 0 aliphatic rings. The topological polar surface area (TPSA) is 0 Å². The zero-order valence-corrected chi connectivity index (χ0v) is 22.0. The van der Waals surface area contributed by atoms with Gasteiger partial charge < -0.3 is 0 Å². The summed E-state index contributed by atoms with van der Waals surface area (Å²) in [5, 5.41) is 10.3. The largest absolute Gasteiger partial charge is 0.0622 e. The maximum atomic E-state index is 2.39. The van der Waals surface area contributed by atoms with Gasteiger partial charge in [-0.2, -0.15) is 0 Å². The first kappa shape index (κ1) is 22.8. The lowest BCUT2D eigenvalue weighted by atomic mass is 9.83. The summed E-state index contributed by atoms with van der Waals surface area (Å²) < 4.78 is 0. The Labute approximate surface area is 233 Å². The molecule has 8 rings (SSSR count). The minimum absolute atomic E-state index is 1.23. The number of benzene rings is 8. The number of hydrogen-bond acceptors (Lipinski definition) is 0. The van der Waals surface area contributed by atoms with Crippen LogP contribution < -0.4 is 0 Å². The predicted molar refractivity (Wildman–Crippen MR) is 173 cm³/mol. The summed E-state index contributed by atoms with van der Waals surface area (Å²) in [6.07, 6.45) is 0. The van der Waals surface area contributed by atoms with E-state index in [0.717, 1.165) is 0 Å². The van der Waals surface area contributed by atoms with E-state index in [1.165, 1.54) is 76.5 Å². The molecule has 0 fully saturated rings. The minimum atomic E-state index is 1.23. The lowest BCUT2D eigenvalue weighted by Crippen LogP contribution is -1.92. The standard InChI is InChI=1S/C40H26/c1-2-13-27(14-3-1)28-16-12-17-30(25-28)39-34-21-8-10-23-36(34)40(37-24-11-9-22-35(37)39)38-26-29-15-4-5-18-31(29)32-19-6-7-20-33(32)38/h1-26H. The van der Waals surface area contributed by atoms with Gasteiger partial charge in [-0.3, -0.25) is 0 Å². The highest BCUT2D eigenvalue weighted by atomic mass is 14.2. The Balaban J connectivity index is 1.50. The average molecular weight is 507 g/mol. The molecule has 0 heteroatoms. The molecule has 0 radical (unpaired) electrons. The third-order valence-corrected chi connectivity index (χ3v) is 8.23. The van der Waals surface area contributed by atoms with E-state index in [0.29, 0.717) is 0 Å². The van der Waals surface area contributed by atoms with Crippen LogP contribution in [0.2, 0.25) is 0 Å². The molecule has 0 saturated heterocycles. The molecule has 0 amide bonds. The Bertz CT molecular complexity index is 2150. The highest BCUT2D eigenvalue weighted by molar-refractivity contribution is 6.25. The van der Waals surface area contributed by atoms with Crippen molar-refractivity contribution in [3.63, 3.8) is 0 Å². The maximum Gasteiger partial charge on any atom is -0.00199 e. The zero-order chi connectivity index (χ0) is 26.5. The summed E-state index contributed by atoms with van der Waals surface area (Å²) in [5.74, 6) is 0. The molecule has 40 heavy (non-hydrogen) atoms. The van der Waals surface area contributed by atoms with Crippen LogP contribution in [0.5, 0.6) is 0 Å². The van der Waals surface area contributed by atoms with Crippen LogP contribution in [0.25, 0.3) is 76.5 Å². The van der Waals surface area contributed by atoms with E-state index in [1.807, 2.05) is 0 Å². The minimum Gasteiger partial charge on any atom is -0.0622 e. The first-order valence-corrected chi connectivity index (χ1v) is 13.9. The molecule has 0 bridgehead atoms. The number of fused-ring (bicyclic) bond motifs is 5. The molecule has 0 heterocycles. The van der Waals surface area contributed by atoms with Gasteiger partial charge in [0.05, 0.1) is 0 Å². The van der Waals surface area contributed by atoms with E-state index >= 15 is 0 Å². The summed E-state index contributed by atoms with van der Waals surface area (Å²) in [6.45, 7) is 0. The van der Waals surface area contributed by atoms with Gasteiger partial charge in [-0.25, -0.2) is 0 Å². The van der Waals surface area contributed by atoms with Crippen LogP contribution in [0, 0.1) is 0 Å². The van der Waals surface area contributed by atoms with Crippen molar-refractivity contribution in [1.82, 2.24) is 0 Å². The van der Waals surface area contributed by atoms with Gasteiger partial charge in [-0.15, -0.1) is 0 Å². The van der Waals surface area contributed by atoms with Gasteiger partial charge in [0.1, 0.15) is 0 Å². The summed E-state index contributed by atoms with van der Waals surface area (Å²) in [6, 6.07) is 57.5. The van der Waals surface area contributed by atoms with Crippen molar-refractivity contribution < 1.29 is 0 Å². The van der Waals surface area contributed by atoms with Crippen LogP contribution in [-0.4, -0.2) is 0 Å². The van der Waals surface area contributed by atoms with Gasteiger partial charge in [0.15, 0.2) is 0 Å². The van der Waals surface area contributed by atoms with Crippen LogP contribution in [0.4, 0.5) is 0 Å². The second-order valence-electron chi connectivity index (χ2n) is 10.5. The molecule has 0 nitrogen and oxygen atoms in total. The molecule has 186 valence electrons. The van der Waals surface area contributed by atoms with Crippen molar-refractivity contribution in [3.8, 4) is 33.4 Å². The van der Waals surface area contributed by atoms with Gasteiger partial charge >= 0.3 is 0 Å². The second-order valence-corrected chi connectivity index (χ2v) is 10.5. The predicted octanol–water partition coefficient (Wildman–Crippen LogP) is 11.3. The van der Waals surface area contributed by atoms with Crippen LogP contribution in [0.1, 0.15) is 0 Å². The summed E-state index contributed by atoms with van der Waals surface area (Å²) in [4.78, 5) is 0. The lowest BCUT2D eigenvalue weighted by molar-refractivity contribution is 1.61. The monoisotopic (exact) mass is 506 g/mol. The third-order valence-electron chi connectivity index (χ3n) is 8.23. The fraction of sp³-hybridized carbons (Fsp3) is 0. The highest BCUT2D eigenvalue weighted by Crippen LogP contribution is 2.46. The van der Waals surface area contributed by atoms with Crippen LogP contribution in [0.3, 0.4) is 0 Å². The molecule has 0 saturated carbocycles. The molecule has 0 unspecified atom stereocenters. The average Bonchev–Trinajstić information content (AvgIpc) is 3.04.